The van der Waals surface area contributed by atoms with Crippen molar-refractivity contribution in [2.24, 2.45) is 0 Å². The summed E-state index contributed by atoms with van der Waals surface area (Å²) in [6.45, 7) is 8.64. The molecule has 2 heterocycles. The first kappa shape index (κ1) is 41.6. The van der Waals surface area contributed by atoms with Gasteiger partial charge in [-0.1, -0.05) is 12.2 Å². The van der Waals surface area contributed by atoms with Crippen LogP contribution in [0.3, 0.4) is 0 Å². The van der Waals surface area contributed by atoms with Crippen LogP contribution in [0.4, 0.5) is 0 Å². The Balaban J connectivity index is 2.45. The summed E-state index contributed by atoms with van der Waals surface area (Å²) in [7, 11) is 0. The number of hydrogen-bond donors (Lipinski definition) is 2. The molecule has 0 aliphatic carbocycles. The Hall–Kier alpha value is -4.58. The largest absolute Gasteiger partial charge is 0.463 e. The summed E-state index contributed by atoms with van der Waals surface area (Å²) in [6, 6.07) is -2.05. The quantitative estimate of drug-likeness (QED) is 0.134. The van der Waals surface area contributed by atoms with Crippen LogP contribution in [0.2, 0.25) is 0 Å². The van der Waals surface area contributed by atoms with Gasteiger partial charge in [0.2, 0.25) is 11.8 Å². The zero-order valence-electron chi connectivity index (χ0n) is 29.3. The predicted molar refractivity (Wildman–Crippen MR) is 166 cm³/mol. The minimum absolute atomic E-state index is 0.0594. The third-order valence-corrected chi connectivity index (χ3v) is 7.34. The molecule has 18 heteroatoms. The van der Waals surface area contributed by atoms with Crippen molar-refractivity contribution in [2.45, 2.75) is 129 Å². The summed E-state index contributed by atoms with van der Waals surface area (Å²) < 4.78 is 44.5. The lowest BCUT2D eigenvalue weighted by molar-refractivity contribution is -0.223. The molecule has 0 bridgehead atoms. The van der Waals surface area contributed by atoms with E-state index < -0.39 is 109 Å². The first-order valence-corrected chi connectivity index (χ1v) is 15.8. The second-order valence-electron chi connectivity index (χ2n) is 11.7. The molecule has 0 aromatic rings. The summed E-state index contributed by atoms with van der Waals surface area (Å²) in [6.07, 6.45) is -5.56. The number of hydrogen-bond acceptors (Lipinski definition) is 16. The van der Waals surface area contributed by atoms with Gasteiger partial charge in [0, 0.05) is 55.4 Å². The van der Waals surface area contributed by atoms with Crippen LogP contribution in [-0.2, 0) is 76.3 Å². The van der Waals surface area contributed by atoms with Gasteiger partial charge < -0.3 is 48.5 Å². The molecule has 0 radical (unpaired) electrons. The maximum atomic E-state index is 12.2. The van der Waals surface area contributed by atoms with E-state index in [0.717, 1.165) is 27.7 Å². The SMILES string of the molecule is CC(=O)N[C@@H]1[C@@H](OC(C)=O)[C@H](OC(C)=O)[C@@H](COC(C)=O)O[C@@H]1C/C=C/C[C@H]1O[C@H](COC(C)=O)[C@@H](OC(C)=O)[C@H](OC(C)=O)[C@H]1NC(C)=O. The summed E-state index contributed by atoms with van der Waals surface area (Å²) in [4.78, 5) is 96.0. The van der Waals surface area contributed by atoms with E-state index >= 15 is 0 Å². The van der Waals surface area contributed by atoms with E-state index in [1.807, 2.05) is 0 Å². The molecule has 2 saturated heterocycles. The molecule has 0 unspecified atom stereocenters. The summed E-state index contributed by atoms with van der Waals surface area (Å²) in [5.41, 5.74) is 0. The molecule has 2 N–H and O–H groups in total. The molecular formula is C32H46N2O16. The molecule has 50 heavy (non-hydrogen) atoms. The van der Waals surface area contributed by atoms with Crippen LogP contribution < -0.4 is 10.6 Å². The van der Waals surface area contributed by atoms with Crippen molar-refractivity contribution in [3.8, 4) is 0 Å². The normalized spacial score (nSPS) is 29.1. The van der Waals surface area contributed by atoms with Crippen LogP contribution in [0.1, 0.15) is 68.2 Å². The smallest absolute Gasteiger partial charge is 0.303 e. The maximum Gasteiger partial charge on any atom is 0.303 e. The van der Waals surface area contributed by atoms with Crippen molar-refractivity contribution < 1.29 is 76.3 Å². The predicted octanol–water partition coefficient (Wildman–Crippen LogP) is -0.280. The summed E-state index contributed by atoms with van der Waals surface area (Å²) in [5.74, 6) is -5.24. The van der Waals surface area contributed by atoms with Crippen molar-refractivity contribution in [3.05, 3.63) is 12.2 Å². The Morgan fingerprint density at radius 2 is 0.760 bits per heavy atom. The number of nitrogens with one attached hydrogen (secondary N) is 2. The molecule has 0 aromatic heterocycles. The molecule has 2 rings (SSSR count). The van der Waals surface area contributed by atoms with Gasteiger partial charge >= 0.3 is 35.8 Å². The Labute approximate surface area is 289 Å². The highest BCUT2D eigenvalue weighted by Crippen LogP contribution is 2.31. The van der Waals surface area contributed by atoms with Gasteiger partial charge in [0.25, 0.3) is 0 Å². The molecular weight excluding hydrogens is 668 g/mol. The van der Waals surface area contributed by atoms with Crippen LogP contribution in [0.25, 0.3) is 0 Å². The van der Waals surface area contributed by atoms with Gasteiger partial charge in [-0.15, -0.1) is 0 Å². The van der Waals surface area contributed by atoms with Crippen LogP contribution in [-0.4, -0.2) is 122 Å². The standard InChI is InChI=1S/C32H46N2O16/c1-15(35)33-27-23(49-25(13-43-17(3)37)29(45-19(5)39)31(27)47-21(7)41)11-9-10-12-24-28(34-16(2)36)32(48-22(8)42)30(46-20(6)40)26(50-24)14-44-18(4)38/h9-10,23-32H,11-14H2,1-8H3,(H,33,35)(H,34,36)/b10-9+/t23-,24-,25-,26-,27+,28+,29-,30-,31-,32-/m1/s1. The van der Waals surface area contributed by atoms with E-state index in [9.17, 15) is 38.4 Å². The molecule has 280 valence electrons. The lowest BCUT2D eigenvalue weighted by Crippen LogP contribution is -2.66. The molecule has 2 aliphatic rings. The molecule has 0 spiro atoms. The van der Waals surface area contributed by atoms with Crippen molar-refractivity contribution >= 4 is 47.6 Å². The molecule has 2 fully saturated rings. The summed E-state index contributed by atoms with van der Waals surface area (Å²) in [5, 5.41) is 5.38. The fourth-order valence-electron chi connectivity index (χ4n) is 5.71. The van der Waals surface area contributed by atoms with E-state index in [-0.39, 0.29) is 26.1 Å². The number of rotatable bonds is 14. The zero-order valence-corrected chi connectivity index (χ0v) is 29.3. The van der Waals surface area contributed by atoms with Gasteiger partial charge in [0.1, 0.15) is 25.4 Å². The van der Waals surface area contributed by atoms with Gasteiger partial charge in [-0.25, -0.2) is 0 Å². The Morgan fingerprint density at radius 1 is 0.460 bits per heavy atom. The third-order valence-electron chi connectivity index (χ3n) is 7.34. The average Bonchev–Trinajstić information content (AvgIpc) is 2.97. The topological polar surface area (TPSA) is 234 Å². The highest BCUT2D eigenvalue weighted by Gasteiger charge is 2.51. The minimum atomic E-state index is -1.25. The lowest BCUT2D eigenvalue weighted by atomic mass is 9.89. The summed E-state index contributed by atoms with van der Waals surface area (Å²) >= 11 is 0. The maximum absolute atomic E-state index is 12.2. The molecule has 0 aromatic carbocycles. The van der Waals surface area contributed by atoms with Crippen molar-refractivity contribution in [1.82, 2.24) is 10.6 Å². The second kappa shape index (κ2) is 19.6. The zero-order chi connectivity index (χ0) is 37.7. The van der Waals surface area contributed by atoms with Crippen LogP contribution >= 0.6 is 0 Å². The van der Waals surface area contributed by atoms with E-state index in [4.69, 9.17) is 37.9 Å². The van der Waals surface area contributed by atoms with Crippen molar-refractivity contribution in [1.29, 1.82) is 0 Å². The van der Waals surface area contributed by atoms with Gasteiger partial charge in [-0.2, -0.15) is 0 Å². The fraction of sp³-hybridized carbons (Fsp3) is 0.688. The van der Waals surface area contributed by atoms with E-state index in [1.165, 1.54) is 27.7 Å². The van der Waals surface area contributed by atoms with Gasteiger partial charge in [0.05, 0.1) is 24.3 Å². The minimum Gasteiger partial charge on any atom is -0.463 e. The van der Waals surface area contributed by atoms with Crippen LogP contribution in [0, 0.1) is 0 Å². The number of esters is 6. The number of ether oxygens (including phenoxy) is 8. The highest BCUT2D eigenvalue weighted by molar-refractivity contribution is 5.74. The lowest BCUT2D eigenvalue weighted by Gasteiger charge is -2.45. The molecule has 0 saturated carbocycles. The Kier molecular flexibility index (Phi) is 16.3. The molecule has 2 aliphatic heterocycles. The highest BCUT2D eigenvalue weighted by atomic mass is 16.6. The Morgan fingerprint density at radius 3 is 1.02 bits per heavy atom. The van der Waals surface area contributed by atoms with Crippen LogP contribution in [0.15, 0.2) is 12.2 Å². The first-order valence-electron chi connectivity index (χ1n) is 15.8. The number of amides is 2. The first-order chi connectivity index (χ1) is 23.4. The monoisotopic (exact) mass is 714 g/mol. The van der Waals surface area contributed by atoms with E-state index in [1.54, 1.807) is 12.2 Å². The second-order valence-corrected chi connectivity index (χ2v) is 11.7. The fourth-order valence-corrected chi connectivity index (χ4v) is 5.71. The molecule has 2 amide bonds. The third kappa shape index (κ3) is 13.4. The van der Waals surface area contributed by atoms with Gasteiger partial charge in [0.15, 0.2) is 24.4 Å². The molecule has 10 atom stereocenters. The van der Waals surface area contributed by atoms with E-state index in [2.05, 4.69) is 10.6 Å². The van der Waals surface area contributed by atoms with Gasteiger partial charge in [-0.3, -0.25) is 38.4 Å². The van der Waals surface area contributed by atoms with Crippen molar-refractivity contribution in [2.75, 3.05) is 13.2 Å². The van der Waals surface area contributed by atoms with Crippen molar-refractivity contribution in [3.63, 3.8) is 0 Å². The van der Waals surface area contributed by atoms with Gasteiger partial charge in [-0.05, 0) is 12.8 Å². The Bertz CT molecular complexity index is 1200. The van der Waals surface area contributed by atoms with E-state index in [0.29, 0.717) is 0 Å². The number of carbonyl (C=O) groups excluding carboxylic acids is 8. The molecule has 18 nitrogen and oxygen atoms in total. The van der Waals surface area contributed by atoms with Crippen LogP contribution in [0.5, 0.6) is 0 Å². The number of carbonyl (C=O) groups is 8. The average molecular weight is 715 g/mol.